The quantitative estimate of drug-likeness (QED) is 0.404. The Morgan fingerprint density at radius 3 is 2.24 bits per heavy atom. The average molecular weight is 242 g/mol. The summed E-state index contributed by atoms with van der Waals surface area (Å²) in [5.74, 6) is 5.80. The van der Waals surface area contributed by atoms with Gasteiger partial charge < -0.3 is 14.6 Å². The van der Waals surface area contributed by atoms with Crippen LogP contribution < -0.4 is 0 Å². The molecule has 0 aromatic heterocycles. The lowest BCUT2D eigenvalue weighted by atomic mass is 10.1. The number of methoxy groups -OCH3 is 2. The van der Waals surface area contributed by atoms with Gasteiger partial charge in [0.1, 0.15) is 0 Å². The minimum Gasteiger partial charge on any atom is -0.373 e. The van der Waals surface area contributed by atoms with Crippen LogP contribution in [0.4, 0.5) is 0 Å². The Morgan fingerprint density at radius 2 is 1.71 bits per heavy atom. The van der Waals surface area contributed by atoms with E-state index in [-0.39, 0.29) is 0 Å². The summed E-state index contributed by atoms with van der Waals surface area (Å²) in [4.78, 5) is 0. The molecule has 17 heavy (non-hydrogen) atoms. The van der Waals surface area contributed by atoms with Crippen molar-refractivity contribution in [1.82, 2.24) is 0 Å². The fraction of sp³-hybridized carbons (Fsp3) is 0.857. The second kappa shape index (κ2) is 9.47. The molecule has 0 bridgehead atoms. The molecule has 0 aliphatic heterocycles. The third kappa shape index (κ3) is 7.38. The highest BCUT2D eigenvalue weighted by molar-refractivity contribution is 5.13. The van der Waals surface area contributed by atoms with Crippen LogP contribution in [-0.2, 0) is 9.47 Å². The molecule has 1 atom stereocenters. The highest BCUT2D eigenvalue weighted by Gasteiger charge is 2.29. The molecule has 0 aliphatic rings. The fourth-order valence-corrected chi connectivity index (χ4v) is 1.67. The Labute approximate surface area is 106 Å². The zero-order chi connectivity index (χ0) is 13.1. The molecule has 0 aliphatic carbocycles. The van der Waals surface area contributed by atoms with Gasteiger partial charge in [0.05, 0.1) is 0 Å². The first kappa shape index (κ1) is 16.4. The molecule has 0 saturated carbocycles. The largest absolute Gasteiger partial charge is 0.373 e. The summed E-state index contributed by atoms with van der Waals surface area (Å²) in [6.07, 6.45) is 6.24. The maximum atomic E-state index is 9.99. The number of aliphatic hydroxyl groups is 1. The lowest BCUT2D eigenvalue weighted by Gasteiger charge is -2.25. The van der Waals surface area contributed by atoms with Crippen LogP contribution in [0.15, 0.2) is 0 Å². The summed E-state index contributed by atoms with van der Waals surface area (Å²) in [6, 6.07) is 0. The predicted molar refractivity (Wildman–Crippen MR) is 69.6 cm³/mol. The van der Waals surface area contributed by atoms with Crippen LogP contribution in [0.3, 0.4) is 0 Å². The number of ether oxygens (including phenoxy) is 2. The van der Waals surface area contributed by atoms with Crippen LogP contribution in [-0.4, -0.2) is 31.2 Å². The van der Waals surface area contributed by atoms with Gasteiger partial charge in [-0.1, -0.05) is 38.5 Å². The molecule has 0 fully saturated rings. The smallest absolute Gasteiger partial charge is 0.197 e. The Balaban J connectivity index is 3.90. The summed E-state index contributed by atoms with van der Waals surface area (Å²) in [7, 11) is 2.99. The minimum atomic E-state index is -1.24. The van der Waals surface area contributed by atoms with E-state index in [1.165, 1.54) is 39.9 Å². The van der Waals surface area contributed by atoms with Gasteiger partial charge in [-0.15, -0.1) is 5.92 Å². The maximum absolute atomic E-state index is 9.99. The Morgan fingerprint density at radius 1 is 1.12 bits per heavy atom. The summed E-state index contributed by atoms with van der Waals surface area (Å²) in [5, 5.41) is 9.99. The summed E-state index contributed by atoms with van der Waals surface area (Å²) in [5.41, 5.74) is -1.24. The molecule has 1 unspecified atom stereocenters. The Bertz CT molecular complexity index is 234. The first-order valence-corrected chi connectivity index (χ1v) is 6.36. The number of rotatable bonds is 8. The van der Waals surface area contributed by atoms with Crippen LogP contribution >= 0.6 is 0 Å². The second-order valence-electron chi connectivity index (χ2n) is 4.42. The minimum absolute atomic E-state index is 0.699. The first-order valence-electron chi connectivity index (χ1n) is 6.36. The highest BCUT2D eigenvalue weighted by Crippen LogP contribution is 2.12. The standard InChI is InChI=1S/C14H26O3/c1-5-6-7-8-9-10-11-12-14(2,15)13(16-3)17-4/h13,15H,5-10H2,1-4H3. The molecule has 0 aromatic carbocycles. The van der Waals surface area contributed by atoms with Gasteiger partial charge in [0.15, 0.2) is 11.9 Å². The van der Waals surface area contributed by atoms with Crippen molar-refractivity contribution in [3.05, 3.63) is 0 Å². The van der Waals surface area contributed by atoms with Crippen molar-refractivity contribution in [2.45, 2.75) is 64.3 Å². The van der Waals surface area contributed by atoms with Gasteiger partial charge in [-0.05, 0) is 13.3 Å². The van der Waals surface area contributed by atoms with Crippen molar-refractivity contribution in [3.8, 4) is 11.8 Å². The van der Waals surface area contributed by atoms with Gasteiger partial charge >= 0.3 is 0 Å². The molecule has 0 spiro atoms. The highest BCUT2D eigenvalue weighted by atomic mass is 16.7. The van der Waals surface area contributed by atoms with Crippen molar-refractivity contribution in [3.63, 3.8) is 0 Å². The predicted octanol–water partition coefficient (Wildman–Crippen LogP) is 2.72. The van der Waals surface area contributed by atoms with Crippen molar-refractivity contribution in [1.29, 1.82) is 0 Å². The van der Waals surface area contributed by atoms with E-state index in [0.29, 0.717) is 0 Å². The van der Waals surface area contributed by atoms with Gasteiger partial charge in [0, 0.05) is 20.6 Å². The van der Waals surface area contributed by atoms with E-state index in [9.17, 15) is 5.11 Å². The van der Waals surface area contributed by atoms with Crippen molar-refractivity contribution < 1.29 is 14.6 Å². The van der Waals surface area contributed by atoms with E-state index in [0.717, 1.165) is 12.8 Å². The number of hydrogen-bond donors (Lipinski definition) is 1. The summed E-state index contributed by atoms with van der Waals surface area (Å²) in [6.45, 7) is 3.81. The first-order chi connectivity index (χ1) is 8.08. The van der Waals surface area contributed by atoms with E-state index >= 15 is 0 Å². The molecule has 0 saturated heterocycles. The topological polar surface area (TPSA) is 38.7 Å². The van der Waals surface area contributed by atoms with Gasteiger partial charge in [-0.3, -0.25) is 0 Å². The Kier molecular flexibility index (Phi) is 9.16. The molecule has 0 heterocycles. The third-order valence-corrected chi connectivity index (χ3v) is 2.63. The molecule has 3 nitrogen and oxygen atoms in total. The van der Waals surface area contributed by atoms with Gasteiger partial charge in [-0.2, -0.15) is 0 Å². The molecular weight excluding hydrogens is 216 g/mol. The van der Waals surface area contributed by atoms with Gasteiger partial charge in [0.25, 0.3) is 0 Å². The maximum Gasteiger partial charge on any atom is 0.197 e. The molecule has 1 N–H and O–H groups in total. The van der Waals surface area contributed by atoms with Crippen LogP contribution in [0, 0.1) is 11.8 Å². The normalized spacial score (nSPS) is 14.2. The van der Waals surface area contributed by atoms with E-state index < -0.39 is 11.9 Å². The van der Waals surface area contributed by atoms with Crippen molar-refractivity contribution in [2.75, 3.05) is 14.2 Å². The van der Waals surface area contributed by atoms with Crippen molar-refractivity contribution >= 4 is 0 Å². The van der Waals surface area contributed by atoms with Crippen molar-refractivity contribution in [2.24, 2.45) is 0 Å². The van der Waals surface area contributed by atoms with Gasteiger partial charge in [-0.25, -0.2) is 0 Å². The molecule has 100 valence electrons. The van der Waals surface area contributed by atoms with E-state index in [4.69, 9.17) is 9.47 Å². The van der Waals surface area contributed by atoms with Crippen LogP contribution in [0.5, 0.6) is 0 Å². The monoisotopic (exact) mass is 242 g/mol. The summed E-state index contributed by atoms with van der Waals surface area (Å²) >= 11 is 0. The van der Waals surface area contributed by atoms with Crippen LogP contribution in [0.2, 0.25) is 0 Å². The zero-order valence-corrected chi connectivity index (χ0v) is 11.6. The Hall–Kier alpha value is -0.560. The lowest BCUT2D eigenvalue weighted by molar-refractivity contribution is -0.185. The third-order valence-electron chi connectivity index (χ3n) is 2.63. The SMILES string of the molecule is CCCCCCCC#CC(C)(O)C(OC)OC. The van der Waals surface area contributed by atoms with Crippen LogP contribution in [0.1, 0.15) is 52.4 Å². The van der Waals surface area contributed by atoms with E-state index in [2.05, 4.69) is 18.8 Å². The zero-order valence-electron chi connectivity index (χ0n) is 11.6. The molecule has 3 heteroatoms. The number of unbranched alkanes of at least 4 members (excludes halogenated alkanes) is 5. The molecular formula is C14H26O3. The molecule has 0 radical (unpaired) electrons. The van der Waals surface area contributed by atoms with E-state index in [1.54, 1.807) is 6.92 Å². The lowest BCUT2D eigenvalue weighted by Crippen LogP contribution is -2.40. The fourth-order valence-electron chi connectivity index (χ4n) is 1.67. The summed E-state index contributed by atoms with van der Waals surface area (Å²) < 4.78 is 10.00. The number of hydrogen-bond acceptors (Lipinski definition) is 3. The van der Waals surface area contributed by atoms with Crippen LogP contribution in [0.25, 0.3) is 0 Å². The molecule has 0 rings (SSSR count). The van der Waals surface area contributed by atoms with Gasteiger partial charge in [0.2, 0.25) is 0 Å². The molecule has 0 amide bonds. The molecule has 0 aromatic rings. The average Bonchev–Trinajstić information content (AvgIpc) is 2.29. The second-order valence-corrected chi connectivity index (χ2v) is 4.42. The van der Waals surface area contributed by atoms with E-state index in [1.807, 2.05) is 0 Å².